The molecule has 8 nitrogen and oxygen atoms in total. The fourth-order valence-electron chi connectivity index (χ4n) is 2.86. The van der Waals surface area contributed by atoms with E-state index in [4.69, 9.17) is 0 Å². The fourth-order valence-corrected chi connectivity index (χ4v) is 2.86. The van der Waals surface area contributed by atoms with Crippen LogP contribution >= 0.6 is 0 Å². The summed E-state index contributed by atoms with van der Waals surface area (Å²) in [5, 5.41) is 14.7. The molecule has 1 aliphatic rings. The molecule has 1 amide bonds. The maximum absolute atomic E-state index is 12.4. The van der Waals surface area contributed by atoms with E-state index in [-0.39, 0.29) is 24.0 Å². The average Bonchev–Trinajstić information content (AvgIpc) is 3.15. The predicted octanol–water partition coefficient (Wildman–Crippen LogP) is 0.987. The lowest BCUT2D eigenvalue weighted by Gasteiger charge is -2.26. The van der Waals surface area contributed by atoms with Gasteiger partial charge in [0.25, 0.3) is 0 Å². The summed E-state index contributed by atoms with van der Waals surface area (Å²) in [6.45, 7) is 6.68. The molecule has 0 fully saturated rings. The van der Waals surface area contributed by atoms with Gasteiger partial charge in [-0.25, -0.2) is 14.3 Å². The van der Waals surface area contributed by atoms with E-state index in [0.29, 0.717) is 0 Å². The molecule has 0 saturated carbocycles. The zero-order valence-corrected chi connectivity index (χ0v) is 13.7. The molecule has 2 aromatic rings. The third-order valence-corrected chi connectivity index (χ3v) is 4.10. The average molecular weight is 317 g/mol. The summed E-state index contributed by atoms with van der Waals surface area (Å²) in [5.74, 6) is 1.68. The van der Waals surface area contributed by atoms with Crippen LogP contribution in [0.4, 0.5) is 5.82 Å². The summed E-state index contributed by atoms with van der Waals surface area (Å²) in [7, 11) is 0. The van der Waals surface area contributed by atoms with Gasteiger partial charge in [0.15, 0.2) is 0 Å². The number of nitrogens with zero attached hydrogens (tertiary/aromatic N) is 5. The molecule has 0 bridgehead atoms. The number of aromatic nitrogens is 5. The zero-order valence-electron chi connectivity index (χ0n) is 13.7. The topological polar surface area (TPSA) is 89.7 Å². The van der Waals surface area contributed by atoms with Gasteiger partial charge in [-0.15, -0.1) is 0 Å². The minimum atomic E-state index is -0.291. The second-order valence-corrected chi connectivity index (χ2v) is 6.23. The highest BCUT2D eigenvalue weighted by Gasteiger charge is 2.24. The molecule has 0 aromatic carbocycles. The molecule has 1 aliphatic heterocycles. The van der Waals surface area contributed by atoms with Crippen molar-refractivity contribution in [2.24, 2.45) is 0 Å². The summed E-state index contributed by atoms with van der Waals surface area (Å²) in [6, 6.07) is 1.94. The van der Waals surface area contributed by atoms with Gasteiger partial charge >= 0.3 is 0 Å². The van der Waals surface area contributed by atoms with Gasteiger partial charge in [-0.1, -0.05) is 0 Å². The van der Waals surface area contributed by atoms with Crippen LogP contribution in [-0.2, 0) is 17.8 Å². The molecule has 0 spiro atoms. The molecule has 124 valence electrons. The molecule has 8 heteroatoms. The number of carbonyl (C=O) groups is 1. The molecule has 3 heterocycles. The third-order valence-electron chi connectivity index (χ3n) is 4.10. The number of nitrogens with one attached hydrogen (secondary N) is 2. The van der Waals surface area contributed by atoms with Crippen molar-refractivity contribution >= 4 is 11.7 Å². The summed E-state index contributed by atoms with van der Waals surface area (Å²) >= 11 is 0. The number of rotatable bonds is 5. The maximum atomic E-state index is 12.4. The van der Waals surface area contributed by atoms with Crippen molar-refractivity contribution in [3.63, 3.8) is 0 Å². The molecular formula is C15H23N7O. The van der Waals surface area contributed by atoms with Crippen molar-refractivity contribution in [1.82, 2.24) is 29.9 Å². The van der Waals surface area contributed by atoms with Gasteiger partial charge in [0.2, 0.25) is 5.91 Å². The molecule has 0 aliphatic carbocycles. The van der Waals surface area contributed by atoms with E-state index >= 15 is 0 Å². The second-order valence-electron chi connectivity index (χ2n) is 6.23. The molecule has 2 atom stereocenters. The Morgan fingerprint density at radius 3 is 2.96 bits per heavy atom. The minimum absolute atomic E-state index is 0.0585. The molecule has 0 radical (unpaired) electrons. The highest BCUT2D eigenvalue weighted by Crippen LogP contribution is 2.14. The van der Waals surface area contributed by atoms with E-state index < -0.39 is 0 Å². The smallest absolute Gasteiger partial charge is 0.242 e. The van der Waals surface area contributed by atoms with Crippen LogP contribution in [0.3, 0.4) is 0 Å². The molecule has 23 heavy (non-hydrogen) atoms. The van der Waals surface area contributed by atoms with Crippen molar-refractivity contribution in [2.45, 2.75) is 58.3 Å². The van der Waals surface area contributed by atoms with Crippen LogP contribution in [-0.4, -0.2) is 42.5 Å². The first-order valence-corrected chi connectivity index (χ1v) is 8.01. The van der Waals surface area contributed by atoms with Crippen molar-refractivity contribution in [2.75, 3.05) is 5.32 Å². The standard InChI is InChI=1S/C15H23N7O/c1-10(2)22-14(6-7-17-22)20-15(23)11(3)19-12-4-5-13-16-9-18-21(13)8-12/h6-7,9-12,19H,4-5,8H2,1-3H3,(H,20,23)/t11-,12+/m0/s1. The largest absolute Gasteiger partial charge is 0.310 e. The Morgan fingerprint density at radius 2 is 2.17 bits per heavy atom. The number of hydrogen-bond donors (Lipinski definition) is 2. The maximum Gasteiger partial charge on any atom is 0.242 e. The monoisotopic (exact) mass is 317 g/mol. The highest BCUT2D eigenvalue weighted by atomic mass is 16.2. The Morgan fingerprint density at radius 1 is 1.35 bits per heavy atom. The SMILES string of the molecule is CC(C)n1nccc1NC(=O)[C@H](C)N[C@@H]1CCc2ncnn2C1. The van der Waals surface area contributed by atoms with Crippen LogP contribution in [0.5, 0.6) is 0 Å². The van der Waals surface area contributed by atoms with Gasteiger partial charge in [-0.05, 0) is 27.2 Å². The van der Waals surface area contributed by atoms with Crippen molar-refractivity contribution in [3.8, 4) is 0 Å². The van der Waals surface area contributed by atoms with Crippen LogP contribution in [0, 0.1) is 0 Å². The van der Waals surface area contributed by atoms with Gasteiger partial charge in [-0.3, -0.25) is 4.79 Å². The highest BCUT2D eigenvalue weighted by molar-refractivity contribution is 5.93. The van der Waals surface area contributed by atoms with Gasteiger partial charge in [-0.2, -0.15) is 10.2 Å². The first-order chi connectivity index (χ1) is 11.0. The third kappa shape index (κ3) is 3.42. The molecular weight excluding hydrogens is 294 g/mol. The predicted molar refractivity (Wildman–Crippen MR) is 86.0 cm³/mol. The van der Waals surface area contributed by atoms with E-state index in [1.807, 2.05) is 31.5 Å². The molecule has 0 unspecified atom stereocenters. The van der Waals surface area contributed by atoms with E-state index in [1.165, 1.54) is 0 Å². The van der Waals surface area contributed by atoms with Gasteiger partial charge in [0.1, 0.15) is 18.0 Å². The van der Waals surface area contributed by atoms with Gasteiger partial charge < -0.3 is 10.6 Å². The summed E-state index contributed by atoms with van der Waals surface area (Å²) < 4.78 is 3.70. The zero-order chi connectivity index (χ0) is 16.4. The van der Waals surface area contributed by atoms with Crippen LogP contribution < -0.4 is 10.6 Å². The number of aryl methyl sites for hydroxylation is 1. The van der Waals surface area contributed by atoms with Crippen molar-refractivity contribution in [3.05, 3.63) is 24.4 Å². The molecule has 2 N–H and O–H groups in total. The Kier molecular flexibility index (Phi) is 4.42. The van der Waals surface area contributed by atoms with Crippen molar-refractivity contribution in [1.29, 1.82) is 0 Å². The Labute approximate surface area is 135 Å². The Hall–Kier alpha value is -2.22. The van der Waals surface area contributed by atoms with Crippen LogP contribution in [0.2, 0.25) is 0 Å². The first-order valence-electron chi connectivity index (χ1n) is 8.01. The normalized spacial score (nSPS) is 18.7. The second kappa shape index (κ2) is 6.49. The van der Waals surface area contributed by atoms with Gasteiger partial charge in [0, 0.05) is 24.6 Å². The lowest BCUT2D eigenvalue weighted by molar-refractivity contribution is -0.118. The van der Waals surface area contributed by atoms with Crippen molar-refractivity contribution < 1.29 is 4.79 Å². The molecule has 0 saturated heterocycles. The Balaban J connectivity index is 1.57. The minimum Gasteiger partial charge on any atom is -0.310 e. The summed E-state index contributed by atoms with van der Waals surface area (Å²) in [4.78, 5) is 16.6. The summed E-state index contributed by atoms with van der Waals surface area (Å²) in [5.41, 5.74) is 0. The van der Waals surface area contributed by atoms with E-state index in [2.05, 4.69) is 25.8 Å². The number of fused-ring (bicyclic) bond motifs is 1. The number of hydrogen-bond acceptors (Lipinski definition) is 5. The van der Waals surface area contributed by atoms with Crippen LogP contribution in [0.25, 0.3) is 0 Å². The van der Waals surface area contributed by atoms with E-state index in [9.17, 15) is 4.79 Å². The quantitative estimate of drug-likeness (QED) is 0.858. The van der Waals surface area contributed by atoms with E-state index in [0.717, 1.165) is 31.0 Å². The lowest BCUT2D eigenvalue weighted by Crippen LogP contribution is -2.47. The number of anilines is 1. The fraction of sp³-hybridized carbons (Fsp3) is 0.600. The molecule has 3 rings (SSSR count). The van der Waals surface area contributed by atoms with E-state index in [1.54, 1.807) is 17.2 Å². The number of carbonyl (C=O) groups excluding carboxylic acids is 1. The first kappa shape index (κ1) is 15.7. The van der Waals surface area contributed by atoms with Gasteiger partial charge in [0.05, 0.1) is 18.8 Å². The number of amides is 1. The lowest BCUT2D eigenvalue weighted by atomic mass is 10.1. The van der Waals surface area contributed by atoms with Crippen LogP contribution in [0.15, 0.2) is 18.6 Å². The van der Waals surface area contributed by atoms with Crippen LogP contribution in [0.1, 0.15) is 39.1 Å². The Bertz CT molecular complexity index is 675. The molecule has 2 aromatic heterocycles. The summed E-state index contributed by atoms with van der Waals surface area (Å²) in [6.07, 6.45) is 5.12.